The van der Waals surface area contributed by atoms with Crippen LogP contribution in [0.2, 0.25) is 25.2 Å². The number of nitrogens with one attached hydrogen (secondary N) is 2. The van der Waals surface area contributed by atoms with Gasteiger partial charge in [-0.25, -0.2) is 0 Å². The van der Waals surface area contributed by atoms with Crippen LogP contribution in [-0.4, -0.2) is 48.9 Å². The van der Waals surface area contributed by atoms with Gasteiger partial charge in [0, 0.05) is 43.3 Å². The number of aromatic amines is 1. The number of para-hydroxylation sites is 1. The molecule has 0 radical (unpaired) electrons. The highest BCUT2D eigenvalue weighted by molar-refractivity contribution is 6.77. The summed E-state index contributed by atoms with van der Waals surface area (Å²) in [5.74, 6) is 0.0124. The highest BCUT2D eigenvalue weighted by Gasteiger charge is 2.43. The van der Waals surface area contributed by atoms with Crippen molar-refractivity contribution in [3.05, 3.63) is 36.0 Å². The Morgan fingerprint density at radius 1 is 1.25 bits per heavy atom. The van der Waals surface area contributed by atoms with Gasteiger partial charge in [0.2, 0.25) is 5.91 Å². The third-order valence-corrected chi connectivity index (χ3v) is 9.11. The van der Waals surface area contributed by atoms with Gasteiger partial charge in [0.05, 0.1) is 8.07 Å². The molecule has 1 aromatic carbocycles. The van der Waals surface area contributed by atoms with Crippen molar-refractivity contribution >= 4 is 24.9 Å². The number of fused-ring (bicyclic) bond motifs is 1. The molecule has 156 valence electrons. The van der Waals surface area contributed by atoms with Crippen LogP contribution >= 0.6 is 0 Å². The first-order chi connectivity index (χ1) is 13.3. The lowest BCUT2D eigenvalue weighted by molar-refractivity contribution is -0.122. The molecular weight excluding hydrogens is 368 g/mol. The summed E-state index contributed by atoms with van der Waals surface area (Å²) in [5, 5.41) is 24.3. The van der Waals surface area contributed by atoms with Crippen molar-refractivity contribution in [1.82, 2.24) is 10.3 Å². The zero-order valence-electron chi connectivity index (χ0n) is 17.7. The molecule has 0 fully saturated rings. The van der Waals surface area contributed by atoms with Crippen molar-refractivity contribution in [2.45, 2.75) is 57.8 Å². The highest BCUT2D eigenvalue weighted by atomic mass is 28.3. The minimum Gasteiger partial charge on any atom is -0.396 e. The van der Waals surface area contributed by atoms with Gasteiger partial charge in [-0.15, -0.1) is 0 Å². The van der Waals surface area contributed by atoms with Crippen LogP contribution in [0.3, 0.4) is 0 Å². The fourth-order valence-corrected chi connectivity index (χ4v) is 7.24. The van der Waals surface area contributed by atoms with E-state index in [1.165, 1.54) is 10.9 Å². The Morgan fingerprint density at radius 3 is 2.57 bits per heavy atom. The maximum Gasteiger partial charge on any atom is 0.220 e. The molecule has 2 rings (SSSR count). The minimum absolute atomic E-state index is 0.0124. The molecule has 6 heteroatoms. The van der Waals surface area contributed by atoms with Gasteiger partial charge in [0.25, 0.3) is 0 Å². The molecule has 1 unspecified atom stereocenters. The summed E-state index contributed by atoms with van der Waals surface area (Å²) in [6.45, 7) is 9.39. The molecule has 1 heterocycles. The van der Waals surface area contributed by atoms with Crippen LogP contribution in [0.25, 0.3) is 10.9 Å². The van der Waals surface area contributed by atoms with Crippen molar-refractivity contribution in [3.8, 4) is 0 Å². The lowest BCUT2D eigenvalue weighted by atomic mass is 9.78. The molecule has 5 nitrogen and oxygen atoms in total. The zero-order chi connectivity index (χ0) is 20.8. The molecule has 1 aromatic heterocycles. The third-order valence-electron chi connectivity index (χ3n) is 6.23. The Morgan fingerprint density at radius 2 is 1.96 bits per heavy atom. The molecule has 2 atom stereocenters. The van der Waals surface area contributed by atoms with Crippen LogP contribution in [0.15, 0.2) is 30.5 Å². The van der Waals surface area contributed by atoms with E-state index in [-0.39, 0.29) is 30.1 Å². The molecule has 0 saturated heterocycles. The number of hydrogen-bond acceptors (Lipinski definition) is 3. The summed E-state index contributed by atoms with van der Waals surface area (Å²) >= 11 is 0. The SMILES string of the molecule is CC[C@](CO)(CCC(=O)NCCc1c[nH]c2ccccc12)C(CO)[Si](C)(C)C. The fraction of sp³-hybridized carbons (Fsp3) is 0.591. The maximum absolute atomic E-state index is 12.4. The zero-order valence-corrected chi connectivity index (χ0v) is 18.7. The van der Waals surface area contributed by atoms with Crippen LogP contribution < -0.4 is 5.32 Å². The van der Waals surface area contributed by atoms with E-state index in [0.717, 1.165) is 18.4 Å². The molecular formula is C22H36N2O3Si. The fourth-order valence-electron chi connectivity index (χ4n) is 4.41. The molecule has 0 aliphatic rings. The van der Waals surface area contributed by atoms with E-state index in [2.05, 4.69) is 36.0 Å². The number of aromatic nitrogens is 1. The normalized spacial score (nSPS) is 15.4. The Kier molecular flexibility index (Phi) is 7.86. The number of carbonyl (C=O) groups excluding carboxylic acids is 1. The van der Waals surface area contributed by atoms with Crippen LogP contribution in [0.5, 0.6) is 0 Å². The average Bonchev–Trinajstić information content (AvgIpc) is 3.07. The number of rotatable bonds is 11. The van der Waals surface area contributed by atoms with Crippen molar-refractivity contribution in [2.24, 2.45) is 5.41 Å². The molecule has 0 aliphatic heterocycles. The van der Waals surface area contributed by atoms with Crippen LogP contribution in [0.1, 0.15) is 31.7 Å². The van der Waals surface area contributed by atoms with E-state index >= 15 is 0 Å². The number of aliphatic hydroxyl groups is 2. The Bertz CT molecular complexity index is 762. The first kappa shape index (κ1) is 22.7. The van der Waals surface area contributed by atoms with Crippen molar-refractivity contribution < 1.29 is 15.0 Å². The largest absolute Gasteiger partial charge is 0.396 e. The number of amides is 1. The molecule has 1 amide bonds. The molecule has 0 aliphatic carbocycles. The summed E-state index contributed by atoms with van der Waals surface area (Å²) in [6.07, 6.45) is 4.53. The number of aliphatic hydroxyl groups excluding tert-OH is 2. The average molecular weight is 405 g/mol. The van der Waals surface area contributed by atoms with E-state index in [9.17, 15) is 15.0 Å². The first-order valence-electron chi connectivity index (χ1n) is 10.3. The van der Waals surface area contributed by atoms with Gasteiger partial charge < -0.3 is 20.5 Å². The summed E-state index contributed by atoms with van der Waals surface area (Å²) < 4.78 is 0. The van der Waals surface area contributed by atoms with Crippen molar-refractivity contribution in [1.29, 1.82) is 0 Å². The van der Waals surface area contributed by atoms with Crippen LogP contribution in [0.4, 0.5) is 0 Å². The number of H-pyrrole nitrogens is 1. The summed E-state index contributed by atoms with van der Waals surface area (Å²) in [5.41, 5.74) is 2.01. The third kappa shape index (κ3) is 5.24. The summed E-state index contributed by atoms with van der Waals surface area (Å²) in [7, 11) is -1.67. The lowest BCUT2D eigenvalue weighted by Gasteiger charge is -2.44. The first-order valence-corrected chi connectivity index (χ1v) is 13.9. The second kappa shape index (κ2) is 9.72. The number of hydrogen-bond donors (Lipinski definition) is 4. The highest BCUT2D eigenvalue weighted by Crippen LogP contribution is 2.45. The predicted molar refractivity (Wildman–Crippen MR) is 118 cm³/mol. The van der Waals surface area contributed by atoms with Gasteiger partial charge in [-0.2, -0.15) is 0 Å². The Labute approximate surface area is 169 Å². The molecule has 4 N–H and O–H groups in total. The Balaban J connectivity index is 1.90. The van der Waals surface area contributed by atoms with E-state index in [1.807, 2.05) is 31.3 Å². The van der Waals surface area contributed by atoms with Gasteiger partial charge in [-0.05, 0) is 41.8 Å². The standard InChI is InChI=1S/C22H36N2O3Si/c1-5-22(16-26,20(15-25)28(2,3)4)12-10-21(27)23-13-11-17-14-24-19-9-7-6-8-18(17)19/h6-9,14,20,24-26H,5,10-13,15-16H2,1-4H3,(H,23,27)/t20?,22-/m1/s1. The van der Waals surface area contributed by atoms with Gasteiger partial charge in [0.1, 0.15) is 0 Å². The van der Waals surface area contributed by atoms with E-state index in [4.69, 9.17) is 0 Å². The number of carbonyl (C=O) groups is 1. The quantitative estimate of drug-likeness (QED) is 0.431. The summed E-state index contributed by atoms with van der Waals surface area (Å²) in [4.78, 5) is 15.7. The Hall–Kier alpha value is -1.63. The van der Waals surface area contributed by atoms with E-state index < -0.39 is 8.07 Å². The molecule has 0 bridgehead atoms. The van der Waals surface area contributed by atoms with Crippen LogP contribution in [-0.2, 0) is 11.2 Å². The van der Waals surface area contributed by atoms with Crippen molar-refractivity contribution in [3.63, 3.8) is 0 Å². The van der Waals surface area contributed by atoms with Gasteiger partial charge in [0.15, 0.2) is 0 Å². The minimum atomic E-state index is -1.67. The van der Waals surface area contributed by atoms with Gasteiger partial charge in [-0.3, -0.25) is 4.79 Å². The summed E-state index contributed by atoms with van der Waals surface area (Å²) in [6, 6.07) is 8.16. The maximum atomic E-state index is 12.4. The molecule has 0 spiro atoms. The monoisotopic (exact) mass is 404 g/mol. The molecule has 2 aromatic rings. The van der Waals surface area contributed by atoms with Gasteiger partial charge >= 0.3 is 0 Å². The smallest absolute Gasteiger partial charge is 0.220 e. The van der Waals surface area contributed by atoms with E-state index in [0.29, 0.717) is 19.4 Å². The van der Waals surface area contributed by atoms with Crippen LogP contribution in [0, 0.1) is 5.41 Å². The molecule has 0 saturated carbocycles. The molecule has 28 heavy (non-hydrogen) atoms. The predicted octanol–water partition coefficient (Wildman–Crippen LogP) is 3.70. The van der Waals surface area contributed by atoms with Crippen molar-refractivity contribution in [2.75, 3.05) is 19.8 Å². The lowest BCUT2D eigenvalue weighted by Crippen LogP contribution is -2.45. The second-order valence-corrected chi connectivity index (χ2v) is 14.4. The topological polar surface area (TPSA) is 85.4 Å². The number of benzene rings is 1. The van der Waals surface area contributed by atoms with E-state index in [1.54, 1.807) is 0 Å². The second-order valence-electron chi connectivity index (χ2n) is 8.93. The van der Waals surface area contributed by atoms with Gasteiger partial charge in [-0.1, -0.05) is 44.8 Å².